The molecular formula is C10H18O. The van der Waals surface area contributed by atoms with Crippen LogP contribution in [0, 0.1) is 5.92 Å². The average molecular weight is 154 g/mol. The Hall–Kier alpha value is -0.590. The molecular weight excluding hydrogens is 136 g/mol. The highest BCUT2D eigenvalue weighted by molar-refractivity contribution is 5.89. The lowest BCUT2D eigenvalue weighted by molar-refractivity contribution is -0.114. The molecule has 11 heavy (non-hydrogen) atoms. The first-order valence-electron chi connectivity index (χ1n) is 4.36. The van der Waals surface area contributed by atoms with E-state index in [1.165, 1.54) is 0 Å². The van der Waals surface area contributed by atoms with Crippen molar-refractivity contribution in [1.82, 2.24) is 0 Å². The van der Waals surface area contributed by atoms with Gasteiger partial charge in [-0.2, -0.15) is 0 Å². The fraction of sp³-hybridized carbons (Fsp3) is 0.700. The molecule has 0 aliphatic carbocycles. The lowest BCUT2D eigenvalue weighted by Gasteiger charge is -1.95. The van der Waals surface area contributed by atoms with E-state index in [1.54, 1.807) is 6.08 Å². The first kappa shape index (κ1) is 10.4. The minimum absolute atomic E-state index is 0.258. The van der Waals surface area contributed by atoms with Crippen molar-refractivity contribution < 1.29 is 4.79 Å². The van der Waals surface area contributed by atoms with Crippen molar-refractivity contribution in [2.75, 3.05) is 0 Å². The van der Waals surface area contributed by atoms with Gasteiger partial charge in [0, 0.05) is 6.42 Å². The molecule has 0 aliphatic rings. The summed E-state index contributed by atoms with van der Waals surface area (Å²) in [7, 11) is 0. The molecule has 0 aromatic rings. The molecule has 0 amide bonds. The molecule has 0 unspecified atom stereocenters. The first-order chi connectivity index (χ1) is 5.16. The largest absolute Gasteiger partial charge is 0.295 e. The number of hydrogen-bond acceptors (Lipinski definition) is 1. The van der Waals surface area contributed by atoms with E-state index in [2.05, 4.69) is 13.8 Å². The van der Waals surface area contributed by atoms with E-state index in [0.717, 1.165) is 12.8 Å². The summed E-state index contributed by atoms with van der Waals surface area (Å²) < 4.78 is 0. The summed E-state index contributed by atoms with van der Waals surface area (Å²) in [4.78, 5) is 10.9. The normalized spacial score (nSPS) is 11.3. The molecule has 1 heteroatoms. The Bertz CT molecular complexity index is 134. The average Bonchev–Trinajstić information content (AvgIpc) is 1.87. The van der Waals surface area contributed by atoms with Crippen LogP contribution in [-0.2, 0) is 4.79 Å². The predicted molar refractivity (Wildman–Crippen MR) is 48.5 cm³/mol. The van der Waals surface area contributed by atoms with Crippen LogP contribution in [-0.4, -0.2) is 5.78 Å². The van der Waals surface area contributed by atoms with Gasteiger partial charge in [0.2, 0.25) is 0 Å². The van der Waals surface area contributed by atoms with E-state index in [1.807, 2.05) is 13.0 Å². The zero-order valence-corrected chi connectivity index (χ0v) is 7.76. The molecule has 0 radical (unpaired) electrons. The standard InChI is InChI=1S/C10H18O/c1-4-6-10(11)8-5-7-9(2)3/h5,8-9H,4,6-7H2,1-3H3. The number of ketones is 1. The topological polar surface area (TPSA) is 17.1 Å². The molecule has 0 aromatic carbocycles. The molecule has 0 saturated carbocycles. The van der Waals surface area contributed by atoms with Crippen LogP contribution in [0.5, 0.6) is 0 Å². The van der Waals surface area contributed by atoms with Gasteiger partial charge in [0.25, 0.3) is 0 Å². The SMILES string of the molecule is CCCC(=O)C=CCC(C)C. The van der Waals surface area contributed by atoms with Crippen LogP contribution in [0.3, 0.4) is 0 Å². The highest BCUT2D eigenvalue weighted by Crippen LogP contribution is 2.00. The fourth-order valence-corrected chi connectivity index (χ4v) is 0.801. The van der Waals surface area contributed by atoms with E-state index >= 15 is 0 Å². The number of carbonyl (C=O) groups excluding carboxylic acids is 1. The van der Waals surface area contributed by atoms with E-state index in [9.17, 15) is 4.79 Å². The Kier molecular flexibility index (Phi) is 5.81. The Morgan fingerprint density at radius 2 is 2.09 bits per heavy atom. The zero-order chi connectivity index (χ0) is 8.69. The summed E-state index contributed by atoms with van der Waals surface area (Å²) in [6.45, 7) is 6.32. The Morgan fingerprint density at radius 3 is 2.55 bits per heavy atom. The van der Waals surface area contributed by atoms with E-state index in [0.29, 0.717) is 12.3 Å². The molecule has 1 nitrogen and oxygen atoms in total. The molecule has 0 saturated heterocycles. The van der Waals surface area contributed by atoms with Crippen LogP contribution in [0.1, 0.15) is 40.0 Å². The van der Waals surface area contributed by atoms with Crippen molar-refractivity contribution in [3.8, 4) is 0 Å². The third-order valence-corrected chi connectivity index (χ3v) is 1.41. The smallest absolute Gasteiger partial charge is 0.155 e. The van der Waals surface area contributed by atoms with Gasteiger partial charge in [-0.05, 0) is 24.8 Å². The third kappa shape index (κ3) is 7.31. The van der Waals surface area contributed by atoms with Crippen molar-refractivity contribution in [3.05, 3.63) is 12.2 Å². The van der Waals surface area contributed by atoms with Crippen LogP contribution in [0.2, 0.25) is 0 Å². The van der Waals surface area contributed by atoms with Crippen molar-refractivity contribution >= 4 is 5.78 Å². The summed E-state index contributed by atoms with van der Waals surface area (Å²) in [6.07, 6.45) is 6.33. The van der Waals surface area contributed by atoms with Crippen LogP contribution in [0.4, 0.5) is 0 Å². The molecule has 0 N–H and O–H groups in total. The monoisotopic (exact) mass is 154 g/mol. The summed E-state index contributed by atoms with van der Waals surface area (Å²) >= 11 is 0. The van der Waals surface area contributed by atoms with Crippen LogP contribution < -0.4 is 0 Å². The van der Waals surface area contributed by atoms with Crippen LogP contribution in [0.15, 0.2) is 12.2 Å². The molecule has 0 spiro atoms. The Morgan fingerprint density at radius 1 is 1.45 bits per heavy atom. The van der Waals surface area contributed by atoms with Crippen molar-refractivity contribution in [3.63, 3.8) is 0 Å². The highest BCUT2D eigenvalue weighted by Gasteiger charge is 1.93. The van der Waals surface area contributed by atoms with Crippen molar-refractivity contribution in [2.24, 2.45) is 5.92 Å². The molecule has 0 atom stereocenters. The molecule has 0 aliphatic heterocycles. The minimum atomic E-state index is 0.258. The predicted octanol–water partition coefficient (Wildman–Crippen LogP) is 2.96. The second-order valence-corrected chi connectivity index (χ2v) is 3.25. The van der Waals surface area contributed by atoms with Gasteiger partial charge in [-0.3, -0.25) is 4.79 Å². The maximum Gasteiger partial charge on any atom is 0.155 e. The lowest BCUT2D eigenvalue weighted by atomic mass is 10.1. The first-order valence-corrected chi connectivity index (χ1v) is 4.36. The van der Waals surface area contributed by atoms with Gasteiger partial charge < -0.3 is 0 Å². The number of hydrogen-bond donors (Lipinski definition) is 0. The Balaban J connectivity index is 3.48. The van der Waals surface area contributed by atoms with Gasteiger partial charge in [-0.25, -0.2) is 0 Å². The summed E-state index contributed by atoms with van der Waals surface area (Å²) in [5, 5.41) is 0. The number of rotatable bonds is 5. The second-order valence-electron chi connectivity index (χ2n) is 3.25. The van der Waals surface area contributed by atoms with Crippen molar-refractivity contribution in [1.29, 1.82) is 0 Å². The Labute approximate surface area is 69.5 Å². The highest BCUT2D eigenvalue weighted by atomic mass is 16.1. The van der Waals surface area contributed by atoms with Gasteiger partial charge in [-0.15, -0.1) is 0 Å². The third-order valence-electron chi connectivity index (χ3n) is 1.41. The summed E-state index contributed by atoms with van der Waals surface area (Å²) in [6, 6.07) is 0. The van der Waals surface area contributed by atoms with Gasteiger partial charge in [-0.1, -0.05) is 26.8 Å². The molecule has 0 rings (SSSR count). The maximum absolute atomic E-state index is 10.9. The fourth-order valence-electron chi connectivity index (χ4n) is 0.801. The van der Waals surface area contributed by atoms with E-state index in [-0.39, 0.29) is 5.78 Å². The van der Waals surface area contributed by atoms with Crippen LogP contribution in [0.25, 0.3) is 0 Å². The lowest BCUT2D eigenvalue weighted by Crippen LogP contribution is -1.90. The maximum atomic E-state index is 10.9. The minimum Gasteiger partial charge on any atom is -0.295 e. The van der Waals surface area contributed by atoms with E-state index in [4.69, 9.17) is 0 Å². The summed E-state index contributed by atoms with van der Waals surface area (Å²) in [5.74, 6) is 0.911. The zero-order valence-electron chi connectivity index (χ0n) is 7.76. The van der Waals surface area contributed by atoms with Gasteiger partial charge >= 0.3 is 0 Å². The number of allylic oxidation sites excluding steroid dienone is 2. The van der Waals surface area contributed by atoms with Gasteiger partial charge in [0.1, 0.15) is 0 Å². The van der Waals surface area contributed by atoms with Gasteiger partial charge in [0.15, 0.2) is 5.78 Å². The summed E-state index contributed by atoms with van der Waals surface area (Å²) in [5.41, 5.74) is 0. The van der Waals surface area contributed by atoms with Crippen LogP contribution >= 0.6 is 0 Å². The molecule has 64 valence electrons. The second kappa shape index (κ2) is 6.14. The van der Waals surface area contributed by atoms with Crippen molar-refractivity contribution in [2.45, 2.75) is 40.0 Å². The molecule has 0 bridgehead atoms. The van der Waals surface area contributed by atoms with Gasteiger partial charge in [0.05, 0.1) is 0 Å². The number of carbonyl (C=O) groups is 1. The molecule has 0 fully saturated rings. The molecule has 0 aromatic heterocycles. The quantitative estimate of drug-likeness (QED) is 0.556. The molecule has 0 heterocycles. The van der Waals surface area contributed by atoms with E-state index < -0.39 is 0 Å².